The van der Waals surface area contributed by atoms with Crippen LogP contribution in [-0.2, 0) is 4.74 Å². The Labute approximate surface area is 119 Å². The fourth-order valence-corrected chi connectivity index (χ4v) is 2.13. The van der Waals surface area contributed by atoms with E-state index in [2.05, 4.69) is 5.32 Å². The number of hydrogen-bond acceptors (Lipinski definition) is 5. The van der Waals surface area contributed by atoms with Gasteiger partial charge in [-0.15, -0.1) is 0 Å². The molecule has 0 amide bonds. The number of benzene rings is 1. The summed E-state index contributed by atoms with van der Waals surface area (Å²) in [6.45, 7) is 2.37. The Bertz CT molecular complexity index is 376. The van der Waals surface area contributed by atoms with E-state index in [1.165, 1.54) is 0 Å². The highest BCUT2D eigenvalue weighted by Crippen LogP contribution is 2.17. The van der Waals surface area contributed by atoms with Gasteiger partial charge in [-0.25, -0.2) is 0 Å². The van der Waals surface area contributed by atoms with Crippen molar-refractivity contribution < 1.29 is 19.3 Å². The Morgan fingerprint density at radius 3 is 2.75 bits per heavy atom. The predicted molar refractivity (Wildman–Crippen MR) is 76.3 cm³/mol. The lowest BCUT2D eigenvalue weighted by atomic mass is 10.1. The molecule has 1 heterocycles. The molecule has 0 aromatic heterocycles. The molecule has 0 aliphatic carbocycles. The molecule has 2 unspecified atom stereocenters. The van der Waals surface area contributed by atoms with E-state index < -0.39 is 6.10 Å². The second-order valence-corrected chi connectivity index (χ2v) is 4.96. The zero-order valence-corrected chi connectivity index (χ0v) is 11.9. The summed E-state index contributed by atoms with van der Waals surface area (Å²) in [5.74, 6) is 1.52. The molecule has 20 heavy (non-hydrogen) atoms. The van der Waals surface area contributed by atoms with E-state index in [9.17, 15) is 5.11 Å². The summed E-state index contributed by atoms with van der Waals surface area (Å²) in [6.07, 6.45) is 1.65. The van der Waals surface area contributed by atoms with Crippen molar-refractivity contribution in [2.24, 2.45) is 0 Å². The van der Waals surface area contributed by atoms with E-state index in [0.29, 0.717) is 12.6 Å². The lowest BCUT2D eigenvalue weighted by Gasteiger charge is -2.24. The van der Waals surface area contributed by atoms with Crippen LogP contribution in [0, 0.1) is 0 Å². The highest BCUT2D eigenvalue weighted by Gasteiger charge is 2.14. The van der Waals surface area contributed by atoms with E-state index >= 15 is 0 Å². The first-order chi connectivity index (χ1) is 9.78. The maximum atomic E-state index is 9.89. The second-order valence-electron chi connectivity index (χ2n) is 4.96. The van der Waals surface area contributed by atoms with Crippen LogP contribution in [0.15, 0.2) is 24.3 Å². The first-order valence-electron chi connectivity index (χ1n) is 7.04. The summed E-state index contributed by atoms with van der Waals surface area (Å²) in [5, 5.41) is 13.2. The van der Waals surface area contributed by atoms with Crippen LogP contribution in [0.2, 0.25) is 0 Å². The number of aliphatic hydroxyl groups is 1. The van der Waals surface area contributed by atoms with Crippen LogP contribution in [0.1, 0.15) is 12.8 Å². The maximum absolute atomic E-state index is 9.89. The SMILES string of the molecule is COc1ccc(OCC(O)CNC2CCCOC2)cc1. The van der Waals surface area contributed by atoms with Crippen LogP contribution < -0.4 is 14.8 Å². The van der Waals surface area contributed by atoms with Crippen molar-refractivity contribution >= 4 is 0 Å². The minimum Gasteiger partial charge on any atom is -0.497 e. The minimum absolute atomic E-state index is 0.271. The Hall–Kier alpha value is -1.30. The summed E-state index contributed by atoms with van der Waals surface area (Å²) in [7, 11) is 1.63. The molecule has 0 radical (unpaired) electrons. The molecule has 0 bridgehead atoms. The third-order valence-electron chi connectivity index (χ3n) is 3.30. The van der Waals surface area contributed by atoms with E-state index in [1.807, 2.05) is 24.3 Å². The zero-order chi connectivity index (χ0) is 14.2. The molecule has 2 rings (SSSR count). The summed E-state index contributed by atoms with van der Waals surface area (Å²) in [5.41, 5.74) is 0. The van der Waals surface area contributed by atoms with Gasteiger partial charge in [0.15, 0.2) is 0 Å². The summed E-state index contributed by atoms with van der Waals surface area (Å²) >= 11 is 0. The van der Waals surface area contributed by atoms with Gasteiger partial charge in [0, 0.05) is 19.2 Å². The number of ether oxygens (including phenoxy) is 3. The molecule has 1 saturated heterocycles. The van der Waals surface area contributed by atoms with E-state index in [0.717, 1.165) is 37.6 Å². The molecule has 1 fully saturated rings. The van der Waals surface area contributed by atoms with Gasteiger partial charge in [-0.05, 0) is 37.1 Å². The van der Waals surface area contributed by atoms with Gasteiger partial charge in [0.1, 0.15) is 24.2 Å². The van der Waals surface area contributed by atoms with Gasteiger partial charge in [0.25, 0.3) is 0 Å². The van der Waals surface area contributed by atoms with Crippen molar-refractivity contribution in [3.05, 3.63) is 24.3 Å². The Morgan fingerprint density at radius 1 is 1.35 bits per heavy atom. The molecular formula is C15H23NO4. The molecule has 1 aliphatic heterocycles. The van der Waals surface area contributed by atoms with Crippen molar-refractivity contribution in [3.8, 4) is 11.5 Å². The molecule has 5 nitrogen and oxygen atoms in total. The third kappa shape index (κ3) is 5.00. The lowest BCUT2D eigenvalue weighted by Crippen LogP contribution is -2.42. The van der Waals surface area contributed by atoms with Crippen molar-refractivity contribution in [2.75, 3.05) is 33.5 Å². The van der Waals surface area contributed by atoms with Gasteiger partial charge in [0.2, 0.25) is 0 Å². The zero-order valence-electron chi connectivity index (χ0n) is 11.9. The van der Waals surface area contributed by atoms with Crippen LogP contribution in [0.25, 0.3) is 0 Å². The summed E-state index contributed by atoms with van der Waals surface area (Å²) in [4.78, 5) is 0. The molecule has 1 aliphatic rings. The monoisotopic (exact) mass is 281 g/mol. The maximum Gasteiger partial charge on any atom is 0.119 e. The summed E-state index contributed by atoms with van der Waals surface area (Å²) < 4.78 is 16.0. The number of nitrogens with one attached hydrogen (secondary N) is 1. The van der Waals surface area contributed by atoms with Gasteiger partial charge < -0.3 is 24.6 Å². The highest BCUT2D eigenvalue weighted by molar-refractivity contribution is 5.31. The largest absolute Gasteiger partial charge is 0.497 e. The average molecular weight is 281 g/mol. The van der Waals surface area contributed by atoms with Crippen LogP contribution in [-0.4, -0.2) is 50.7 Å². The van der Waals surface area contributed by atoms with Crippen LogP contribution in [0.5, 0.6) is 11.5 Å². The molecule has 1 aromatic rings. The molecule has 112 valence electrons. The minimum atomic E-state index is -0.529. The van der Waals surface area contributed by atoms with E-state index in [4.69, 9.17) is 14.2 Å². The average Bonchev–Trinajstić information content (AvgIpc) is 2.52. The van der Waals surface area contributed by atoms with Gasteiger partial charge in [-0.2, -0.15) is 0 Å². The van der Waals surface area contributed by atoms with Crippen molar-refractivity contribution in [3.63, 3.8) is 0 Å². The standard InChI is InChI=1S/C15H23NO4/c1-18-14-4-6-15(7-5-14)20-11-13(17)9-16-12-3-2-8-19-10-12/h4-7,12-13,16-17H,2-3,8-11H2,1H3. The Morgan fingerprint density at radius 2 is 2.10 bits per heavy atom. The van der Waals surface area contributed by atoms with Crippen LogP contribution in [0.3, 0.4) is 0 Å². The number of rotatable bonds is 7. The van der Waals surface area contributed by atoms with Gasteiger partial charge in [0.05, 0.1) is 13.7 Å². The van der Waals surface area contributed by atoms with Gasteiger partial charge in [-0.3, -0.25) is 0 Å². The highest BCUT2D eigenvalue weighted by atomic mass is 16.5. The van der Waals surface area contributed by atoms with Gasteiger partial charge in [-0.1, -0.05) is 0 Å². The van der Waals surface area contributed by atoms with Gasteiger partial charge >= 0.3 is 0 Å². The second kappa shape index (κ2) is 8.09. The normalized spacial score (nSPS) is 20.4. The molecule has 0 saturated carbocycles. The first-order valence-corrected chi connectivity index (χ1v) is 7.04. The van der Waals surface area contributed by atoms with E-state index in [-0.39, 0.29) is 6.61 Å². The molecule has 5 heteroatoms. The first kappa shape index (κ1) is 15.1. The fraction of sp³-hybridized carbons (Fsp3) is 0.600. The van der Waals surface area contributed by atoms with Crippen molar-refractivity contribution in [2.45, 2.75) is 25.0 Å². The Balaban J connectivity index is 1.64. The number of methoxy groups -OCH3 is 1. The topological polar surface area (TPSA) is 60.0 Å². The number of aliphatic hydroxyl groups excluding tert-OH is 1. The molecule has 1 aromatic carbocycles. The van der Waals surface area contributed by atoms with Crippen molar-refractivity contribution in [1.82, 2.24) is 5.32 Å². The molecule has 0 spiro atoms. The van der Waals surface area contributed by atoms with Crippen LogP contribution >= 0.6 is 0 Å². The molecular weight excluding hydrogens is 258 g/mol. The third-order valence-corrected chi connectivity index (χ3v) is 3.30. The number of hydrogen-bond donors (Lipinski definition) is 2. The predicted octanol–water partition coefficient (Wildman–Crippen LogP) is 1.20. The molecule has 2 N–H and O–H groups in total. The van der Waals surface area contributed by atoms with Crippen LogP contribution in [0.4, 0.5) is 0 Å². The quantitative estimate of drug-likeness (QED) is 0.786. The molecule has 2 atom stereocenters. The fourth-order valence-electron chi connectivity index (χ4n) is 2.13. The summed E-state index contributed by atoms with van der Waals surface area (Å²) in [6, 6.07) is 7.67. The lowest BCUT2D eigenvalue weighted by molar-refractivity contribution is 0.0572. The van der Waals surface area contributed by atoms with E-state index in [1.54, 1.807) is 7.11 Å². The smallest absolute Gasteiger partial charge is 0.119 e. The van der Waals surface area contributed by atoms with Crippen molar-refractivity contribution in [1.29, 1.82) is 0 Å². The Kier molecular flexibility index (Phi) is 6.11.